The molecule has 0 atom stereocenters. The largest absolute Gasteiger partial charge is 0.497 e. The summed E-state index contributed by atoms with van der Waals surface area (Å²) in [6.07, 6.45) is 3.06. The number of nitrogen functional groups attached to an aromatic ring is 1. The molecule has 0 aliphatic carbocycles. The first-order valence-corrected chi connectivity index (χ1v) is 8.63. The van der Waals surface area contributed by atoms with Crippen LogP contribution in [-0.2, 0) is 6.54 Å². The van der Waals surface area contributed by atoms with Crippen molar-refractivity contribution in [2.45, 2.75) is 6.54 Å². The number of thiazole rings is 1. The lowest BCUT2D eigenvalue weighted by molar-refractivity contribution is 0.415. The summed E-state index contributed by atoms with van der Waals surface area (Å²) in [5.74, 6) is 2.60. The van der Waals surface area contributed by atoms with Crippen LogP contribution in [-0.4, -0.2) is 22.1 Å². The topological polar surface area (TPSA) is 111 Å². The van der Waals surface area contributed by atoms with Gasteiger partial charge in [-0.25, -0.2) is 15.0 Å². The van der Waals surface area contributed by atoms with Crippen LogP contribution in [0.25, 0.3) is 10.2 Å². The highest BCUT2D eigenvalue weighted by molar-refractivity contribution is 7.22. The minimum Gasteiger partial charge on any atom is -0.497 e. The number of anilines is 4. The molecular weight excluding hydrogens is 352 g/mol. The number of hydrogen-bond acceptors (Lipinski definition) is 9. The van der Waals surface area contributed by atoms with E-state index in [4.69, 9.17) is 14.9 Å². The lowest BCUT2D eigenvalue weighted by atomic mass is 10.3. The Labute approximate surface area is 153 Å². The third-order valence-electron chi connectivity index (χ3n) is 3.72. The number of nitrogens with two attached hydrogens (primary N) is 1. The number of furan rings is 1. The molecule has 8 nitrogen and oxygen atoms in total. The molecule has 132 valence electrons. The van der Waals surface area contributed by atoms with Crippen molar-refractivity contribution in [1.82, 2.24) is 15.0 Å². The number of benzene rings is 1. The van der Waals surface area contributed by atoms with E-state index in [9.17, 15) is 0 Å². The lowest BCUT2D eigenvalue weighted by Gasteiger charge is -2.10. The Bertz CT molecular complexity index is 1030. The summed E-state index contributed by atoms with van der Waals surface area (Å²) >= 11 is 1.49. The van der Waals surface area contributed by atoms with Crippen LogP contribution in [0.5, 0.6) is 5.75 Å². The minimum absolute atomic E-state index is 0.413. The molecule has 0 fully saturated rings. The van der Waals surface area contributed by atoms with Crippen LogP contribution in [0.15, 0.2) is 47.3 Å². The molecule has 0 unspecified atom stereocenters. The SMILES string of the molecule is COc1ccc2nc(Nc3ncnc(NCc4ccco4)c3N)sc2c1. The summed E-state index contributed by atoms with van der Waals surface area (Å²) in [5.41, 5.74) is 7.48. The lowest BCUT2D eigenvalue weighted by Crippen LogP contribution is -2.07. The molecule has 4 rings (SSSR count). The first kappa shape index (κ1) is 16.2. The van der Waals surface area contributed by atoms with Gasteiger partial charge in [-0.1, -0.05) is 11.3 Å². The van der Waals surface area contributed by atoms with E-state index < -0.39 is 0 Å². The summed E-state index contributed by atoms with van der Waals surface area (Å²) in [6, 6.07) is 9.43. The van der Waals surface area contributed by atoms with Gasteiger partial charge in [-0.15, -0.1) is 0 Å². The van der Waals surface area contributed by atoms with Crippen LogP contribution in [0.1, 0.15) is 5.76 Å². The molecule has 3 aromatic heterocycles. The van der Waals surface area contributed by atoms with E-state index in [2.05, 4.69) is 25.6 Å². The van der Waals surface area contributed by atoms with Gasteiger partial charge in [0.2, 0.25) is 0 Å². The first-order chi connectivity index (χ1) is 12.7. The van der Waals surface area contributed by atoms with Crippen molar-refractivity contribution < 1.29 is 9.15 Å². The smallest absolute Gasteiger partial charge is 0.189 e. The van der Waals surface area contributed by atoms with Crippen LogP contribution in [0.4, 0.5) is 22.5 Å². The minimum atomic E-state index is 0.413. The number of ether oxygens (including phenoxy) is 1. The fraction of sp³-hybridized carbons (Fsp3) is 0.118. The monoisotopic (exact) mass is 368 g/mol. The zero-order chi connectivity index (χ0) is 17.9. The van der Waals surface area contributed by atoms with E-state index in [1.165, 1.54) is 17.7 Å². The van der Waals surface area contributed by atoms with Gasteiger partial charge in [0.05, 0.1) is 30.1 Å². The third-order valence-corrected chi connectivity index (χ3v) is 4.65. The first-order valence-electron chi connectivity index (χ1n) is 7.81. The van der Waals surface area contributed by atoms with Crippen LogP contribution in [0.2, 0.25) is 0 Å². The zero-order valence-corrected chi connectivity index (χ0v) is 14.7. The predicted octanol–water partition coefficient (Wildman–Crippen LogP) is 3.63. The van der Waals surface area contributed by atoms with Crippen molar-refractivity contribution in [3.05, 3.63) is 48.7 Å². The Morgan fingerprint density at radius 1 is 1.23 bits per heavy atom. The Balaban J connectivity index is 1.55. The van der Waals surface area contributed by atoms with Gasteiger partial charge in [-0.05, 0) is 30.3 Å². The maximum atomic E-state index is 6.19. The highest BCUT2D eigenvalue weighted by Gasteiger charge is 2.11. The van der Waals surface area contributed by atoms with Gasteiger partial charge >= 0.3 is 0 Å². The molecule has 0 aliphatic rings. The predicted molar refractivity (Wildman–Crippen MR) is 102 cm³/mol. The second kappa shape index (κ2) is 6.89. The third kappa shape index (κ3) is 3.24. The number of rotatable bonds is 6. The van der Waals surface area contributed by atoms with Gasteiger partial charge < -0.3 is 25.5 Å². The van der Waals surface area contributed by atoms with Crippen molar-refractivity contribution in [2.75, 3.05) is 23.5 Å². The second-order valence-electron chi connectivity index (χ2n) is 5.40. The molecule has 0 aliphatic heterocycles. The van der Waals surface area contributed by atoms with E-state index in [1.54, 1.807) is 13.4 Å². The highest BCUT2D eigenvalue weighted by atomic mass is 32.1. The zero-order valence-electron chi connectivity index (χ0n) is 13.9. The van der Waals surface area contributed by atoms with Gasteiger partial charge in [0.1, 0.15) is 23.5 Å². The van der Waals surface area contributed by atoms with Crippen LogP contribution >= 0.6 is 11.3 Å². The molecule has 0 bridgehead atoms. The van der Waals surface area contributed by atoms with Crippen molar-refractivity contribution in [3.8, 4) is 5.75 Å². The van der Waals surface area contributed by atoms with Crippen LogP contribution < -0.4 is 21.1 Å². The summed E-state index contributed by atoms with van der Waals surface area (Å²) < 4.78 is 11.5. The van der Waals surface area contributed by atoms with Gasteiger partial charge in [0.25, 0.3) is 0 Å². The molecule has 26 heavy (non-hydrogen) atoms. The molecule has 4 N–H and O–H groups in total. The van der Waals surface area contributed by atoms with E-state index in [0.29, 0.717) is 29.0 Å². The number of aromatic nitrogens is 3. The molecule has 4 aromatic rings. The average molecular weight is 368 g/mol. The fourth-order valence-electron chi connectivity index (χ4n) is 2.41. The number of fused-ring (bicyclic) bond motifs is 1. The normalized spacial score (nSPS) is 10.8. The number of nitrogens with zero attached hydrogens (tertiary/aromatic N) is 3. The summed E-state index contributed by atoms with van der Waals surface area (Å²) in [6.45, 7) is 0.481. The van der Waals surface area contributed by atoms with E-state index >= 15 is 0 Å². The Hall–Kier alpha value is -3.33. The maximum absolute atomic E-state index is 6.19. The van der Waals surface area contributed by atoms with Crippen LogP contribution in [0, 0.1) is 0 Å². The Morgan fingerprint density at radius 2 is 2.12 bits per heavy atom. The maximum Gasteiger partial charge on any atom is 0.189 e. The number of hydrogen-bond donors (Lipinski definition) is 3. The summed E-state index contributed by atoms with van der Waals surface area (Å²) in [5, 5.41) is 6.99. The van der Waals surface area contributed by atoms with E-state index in [1.807, 2.05) is 30.3 Å². The molecular formula is C17H16N6O2S. The standard InChI is InChI=1S/C17H16N6O2S/c1-24-10-4-5-12-13(7-10)26-17(22-12)23-16-14(18)15(20-9-21-16)19-8-11-3-2-6-25-11/h2-7,9H,8,18H2,1H3,(H2,19,20,21,22,23). The second-order valence-corrected chi connectivity index (χ2v) is 6.43. The average Bonchev–Trinajstić information content (AvgIpc) is 3.30. The molecule has 9 heteroatoms. The number of nitrogens with one attached hydrogen (secondary N) is 2. The molecule has 3 heterocycles. The van der Waals surface area contributed by atoms with Crippen molar-refractivity contribution in [3.63, 3.8) is 0 Å². The van der Waals surface area contributed by atoms with Crippen molar-refractivity contribution >= 4 is 44.0 Å². The van der Waals surface area contributed by atoms with Gasteiger partial charge in [-0.3, -0.25) is 0 Å². The van der Waals surface area contributed by atoms with Gasteiger partial charge in [-0.2, -0.15) is 0 Å². The molecule has 0 amide bonds. The van der Waals surface area contributed by atoms with E-state index in [-0.39, 0.29) is 0 Å². The Kier molecular flexibility index (Phi) is 4.28. The molecule has 0 radical (unpaired) electrons. The molecule has 1 aromatic carbocycles. The quantitative estimate of drug-likeness (QED) is 0.473. The van der Waals surface area contributed by atoms with Crippen molar-refractivity contribution in [2.24, 2.45) is 0 Å². The Morgan fingerprint density at radius 3 is 2.92 bits per heavy atom. The van der Waals surface area contributed by atoms with E-state index in [0.717, 1.165) is 21.7 Å². The fourth-order valence-corrected chi connectivity index (χ4v) is 3.30. The number of methoxy groups -OCH3 is 1. The van der Waals surface area contributed by atoms with Crippen LogP contribution in [0.3, 0.4) is 0 Å². The van der Waals surface area contributed by atoms with Crippen molar-refractivity contribution in [1.29, 1.82) is 0 Å². The molecule has 0 saturated heterocycles. The van der Waals surface area contributed by atoms with Gasteiger partial charge in [0, 0.05) is 0 Å². The molecule has 0 spiro atoms. The summed E-state index contributed by atoms with van der Waals surface area (Å²) in [7, 11) is 1.64. The highest BCUT2D eigenvalue weighted by Crippen LogP contribution is 2.32. The molecule has 0 saturated carbocycles. The van der Waals surface area contributed by atoms with Gasteiger partial charge in [0.15, 0.2) is 16.8 Å². The summed E-state index contributed by atoms with van der Waals surface area (Å²) in [4.78, 5) is 12.9.